The largest absolute Gasteiger partial charge is 0.385 e. The van der Waals surface area contributed by atoms with Crippen LogP contribution >= 0.6 is 0 Å². The lowest BCUT2D eigenvalue weighted by atomic mass is 9.96. The zero-order chi connectivity index (χ0) is 24.1. The second kappa shape index (κ2) is 11.2. The molecule has 1 aromatic heterocycles. The summed E-state index contributed by atoms with van der Waals surface area (Å²) in [6.45, 7) is 4.88. The number of hydrogen-bond donors (Lipinski definition) is 1. The van der Waals surface area contributed by atoms with Crippen LogP contribution in [0.1, 0.15) is 71.4 Å². The Balaban J connectivity index is 1.58. The third kappa shape index (κ3) is 5.54. The van der Waals surface area contributed by atoms with Crippen LogP contribution in [0.4, 0.5) is 5.69 Å². The van der Waals surface area contributed by atoms with Gasteiger partial charge in [0.2, 0.25) is 0 Å². The summed E-state index contributed by atoms with van der Waals surface area (Å²) in [5.41, 5.74) is 5.66. The first-order valence-corrected chi connectivity index (χ1v) is 12.8. The number of anilines is 1. The maximum Gasteiger partial charge on any atom is 0.257 e. The van der Waals surface area contributed by atoms with E-state index < -0.39 is 0 Å². The molecule has 1 aliphatic carbocycles. The third-order valence-electron chi connectivity index (χ3n) is 7.49. The number of aromatic nitrogens is 1. The van der Waals surface area contributed by atoms with Crippen molar-refractivity contribution < 1.29 is 9.53 Å². The van der Waals surface area contributed by atoms with Crippen molar-refractivity contribution >= 4 is 11.6 Å². The van der Waals surface area contributed by atoms with E-state index in [0.717, 1.165) is 55.7 Å². The minimum atomic E-state index is -0.256. The Morgan fingerprint density at radius 3 is 2.74 bits per heavy atom. The maximum atomic E-state index is 13.4. The zero-order valence-electron chi connectivity index (χ0n) is 21.0. The van der Waals surface area contributed by atoms with Crippen LogP contribution in [0.2, 0.25) is 0 Å². The van der Waals surface area contributed by atoms with Gasteiger partial charge in [0.05, 0.1) is 0 Å². The third-order valence-corrected chi connectivity index (χ3v) is 7.49. The van der Waals surface area contributed by atoms with Gasteiger partial charge in [-0.25, -0.2) is 0 Å². The predicted molar refractivity (Wildman–Crippen MR) is 137 cm³/mol. The Morgan fingerprint density at radius 2 is 1.97 bits per heavy atom. The number of nitrogens with zero attached hydrogens (tertiary/aromatic N) is 2. The Kier molecular flexibility index (Phi) is 8.09. The number of ether oxygens (including phenoxy) is 1. The summed E-state index contributed by atoms with van der Waals surface area (Å²) in [6, 6.07) is 8.05. The van der Waals surface area contributed by atoms with E-state index in [9.17, 15) is 9.59 Å². The van der Waals surface area contributed by atoms with Gasteiger partial charge in [0.1, 0.15) is 5.56 Å². The van der Waals surface area contributed by atoms with E-state index in [2.05, 4.69) is 40.0 Å². The number of aryl methyl sites for hydroxylation is 2. The summed E-state index contributed by atoms with van der Waals surface area (Å²) >= 11 is 0. The fraction of sp³-hybridized carbons (Fsp3) is 0.571. The molecular weight excluding hydrogens is 426 g/mol. The lowest BCUT2D eigenvalue weighted by molar-refractivity contribution is 0.0947. The molecule has 1 N–H and O–H groups in total. The van der Waals surface area contributed by atoms with Crippen LogP contribution in [-0.2, 0) is 30.7 Å². The molecule has 4 rings (SSSR count). The number of hydrogen-bond acceptors (Lipinski definition) is 4. The molecule has 0 unspecified atom stereocenters. The first-order valence-electron chi connectivity index (χ1n) is 12.8. The molecule has 1 fully saturated rings. The topological polar surface area (TPSA) is 63.6 Å². The number of methoxy groups -OCH3 is 1. The molecule has 0 saturated heterocycles. The molecule has 2 heterocycles. The maximum absolute atomic E-state index is 13.4. The minimum Gasteiger partial charge on any atom is -0.385 e. The van der Waals surface area contributed by atoms with Crippen LogP contribution in [0.5, 0.6) is 0 Å². The van der Waals surface area contributed by atoms with Crippen molar-refractivity contribution in [3.05, 3.63) is 62.6 Å². The highest BCUT2D eigenvalue weighted by atomic mass is 16.5. The normalized spacial score (nSPS) is 16.0. The first-order chi connectivity index (χ1) is 16.5. The molecule has 0 atom stereocenters. The molecular formula is C28H39N3O3. The Hall–Kier alpha value is -2.60. The summed E-state index contributed by atoms with van der Waals surface area (Å²) in [6.07, 6.45) is 8.67. The van der Waals surface area contributed by atoms with Crippen LogP contribution in [-0.4, -0.2) is 37.8 Å². The van der Waals surface area contributed by atoms with Gasteiger partial charge in [-0.2, -0.15) is 0 Å². The van der Waals surface area contributed by atoms with E-state index in [1.165, 1.54) is 36.9 Å². The molecule has 0 spiro atoms. The van der Waals surface area contributed by atoms with Gasteiger partial charge < -0.3 is 19.5 Å². The molecule has 1 aliphatic heterocycles. The molecule has 184 valence electrons. The molecule has 6 heteroatoms. The number of nitrogens with one attached hydrogen (secondary N) is 1. The van der Waals surface area contributed by atoms with E-state index in [4.69, 9.17) is 4.74 Å². The summed E-state index contributed by atoms with van der Waals surface area (Å²) < 4.78 is 7.44. The van der Waals surface area contributed by atoms with Crippen molar-refractivity contribution in [2.24, 2.45) is 5.92 Å². The van der Waals surface area contributed by atoms with Crippen molar-refractivity contribution in [1.82, 2.24) is 9.88 Å². The van der Waals surface area contributed by atoms with Crippen molar-refractivity contribution in [3.8, 4) is 0 Å². The first kappa shape index (κ1) is 24.5. The number of amides is 1. The van der Waals surface area contributed by atoms with Gasteiger partial charge in [-0.3, -0.25) is 9.59 Å². The van der Waals surface area contributed by atoms with E-state index >= 15 is 0 Å². The highest BCUT2D eigenvalue weighted by Gasteiger charge is 2.25. The minimum absolute atomic E-state index is 0.168. The van der Waals surface area contributed by atoms with Crippen molar-refractivity contribution in [3.63, 3.8) is 0 Å². The van der Waals surface area contributed by atoms with Gasteiger partial charge in [0.25, 0.3) is 5.91 Å². The number of rotatable bonds is 9. The van der Waals surface area contributed by atoms with Crippen LogP contribution in [0.15, 0.2) is 29.1 Å². The van der Waals surface area contributed by atoms with E-state index in [1.54, 1.807) is 13.2 Å². The number of benzene rings is 1. The van der Waals surface area contributed by atoms with Crippen molar-refractivity contribution in [1.29, 1.82) is 0 Å². The Labute approximate surface area is 203 Å². The quantitative estimate of drug-likeness (QED) is 0.563. The van der Waals surface area contributed by atoms with Crippen molar-refractivity contribution in [2.45, 2.75) is 71.4 Å². The van der Waals surface area contributed by atoms with Gasteiger partial charge in [0, 0.05) is 63.5 Å². The van der Waals surface area contributed by atoms with Crippen molar-refractivity contribution in [2.75, 3.05) is 32.2 Å². The molecule has 34 heavy (non-hydrogen) atoms. The molecule has 0 bridgehead atoms. The number of carbonyl (C=O) groups is 1. The lowest BCUT2D eigenvalue weighted by Gasteiger charge is -2.28. The highest BCUT2D eigenvalue weighted by Crippen LogP contribution is 2.29. The standard InChI is InChI=1S/C28H39N3O3/c1-20-16-26(32)27(25(18-21-8-4-5-9-21)31(20)14-7-15-34-3)28(33)29-19-22-11-12-24-23(17-22)10-6-13-30(24)2/h11-12,16-17,21H,4-10,13-15,18-19H2,1-3H3,(H,29,33). The monoisotopic (exact) mass is 465 g/mol. The molecule has 2 aromatic rings. The highest BCUT2D eigenvalue weighted by molar-refractivity contribution is 5.95. The molecule has 1 aromatic carbocycles. The van der Waals surface area contributed by atoms with E-state index in [-0.39, 0.29) is 11.3 Å². The van der Waals surface area contributed by atoms with Crippen LogP contribution in [0, 0.1) is 12.8 Å². The summed E-state index contributed by atoms with van der Waals surface area (Å²) in [5.74, 6) is 0.285. The molecule has 6 nitrogen and oxygen atoms in total. The van der Waals surface area contributed by atoms with E-state index in [0.29, 0.717) is 24.6 Å². The second-order valence-corrected chi connectivity index (χ2v) is 10.00. The second-order valence-electron chi connectivity index (χ2n) is 10.00. The summed E-state index contributed by atoms with van der Waals surface area (Å²) in [5, 5.41) is 3.06. The fourth-order valence-electron chi connectivity index (χ4n) is 5.67. The van der Waals surface area contributed by atoms with Gasteiger partial charge in [-0.15, -0.1) is 0 Å². The summed E-state index contributed by atoms with van der Waals surface area (Å²) in [4.78, 5) is 28.8. The average Bonchev–Trinajstić information content (AvgIpc) is 3.33. The Morgan fingerprint density at radius 1 is 1.18 bits per heavy atom. The number of carbonyl (C=O) groups excluding carboxylic acids is 1. The fourth-order valence-corrected chi connectivity index (χ4v) is 5.67. The molecule has 1 saturated carbocycles. The van der Waals surface area contributed by atoms with Gasteiger partial charge in [0.15, 0.2) is 5.43 Å². The summed E-state index contributed by atoms with van der Waals surface area (Å²) in [7, 11) is 3.83. The molecule has 2 aliphatic rings. The van der Waals surface area contributed by atoms with E-state index in [1.807, 2.05) is 6.92 Å². The number of fused-ring (bicyclic) bond motifs is 1. The lowest BCUT2D eigenvalue weighted by Crippen LogP contribution is -2.33. The van der Waals surface area contributed by atoms with Crippen LogP contribution in [0.3, 0.4) is 0 Å². The van der Waals surface area contributed by atoms with Gasteiger partial charge >= 0.3 is 0 Å². The Bertz CT molecular complexity index is 1070. The van der Waals surface area contributed by atoms with Gasteiger partial charge in [-0.1, -0.05) is 37.8 Å². The van der Waals surface area contributed by atoms with Gasteiger partial charge in [-0.05, 0) is 55.7 Å². The smallest absolute Gasteiger partial charge is 0.257 e. The van der Waals surface area contributed by atoms with Crippen LogP contribution in [0.25, 0.3) is 0 Å². The SMILES string of the molecule is COCCCn1c(C)cc(=O)c(C(=O)NCc2ccc3c(c2)CCCN3C)c1CC1CCCC1. The predicted octanol–water partition coefficient (Wildman–Crippen LogP) is 4.24. The van der Waals surface area contributed by atoms with Crippen LogP contribution < -0.4 is 15.6 Å². The average molecular weight is 466 g/mol. The molecule has 1 amide bonds. The zero-order valence-corrected chi connectivity index (χ0v) is 21.0. The molecule has 0 radical (unpaired) electrons. The number of pyridine rings is 1.